The summed E-state index contributed by atoms with van der Waals surface area (Å²) >= 11 is 0. The van der Waals surface area contributed by atoms with Crippen molar-refractivity contribution in [1.29, 1.82) is 0 Å². The van der Waals surface area contributed by atoms with Gasteiger partial charge in [0.05, 0.1) is 13.0 Å². The lowest BCUT2D eigenvalue weighted by Gasteiger charge is -2.28. The molecule has 4 aromatic rings. The molecule has 0 spiro atoms. The molecule has 6 rings (SSSR count). The SMILES string of the molecule is Cc1cc(OCc2ccccc2)c2c(c1-c1cccc(COc3ccc4c(c3)OCC4CC(=O)O)c1)CC2. The fraction of sp³-hybridized carbons (Fsp3) is 0.242. The van der Waals surface area contributed by atoms with Crippen LogP contribution in [-0.4, -0.2) is 17.7 Å². The monoisotopic (exact) mass is 506 g/mol. The fourth-order valence-electron chi connectivity index (χ4n) is 5.49. The average Bonchev–Trinajstić information content (AvgIpc) is 3.29. The number of carboxylic acids is 1. The molecule has 4 aromatic carbocycles. The first kappa shape index (κ1) is 24.1. The molecule has 1 unspecified atom stereocenters. The minimum atomic E-state index is -0.814. The van der Waals surface area contributed by atoms with Crippen LogP contribution in [0.25, 0.3) is 11.1 Å². The topological polar surface area (TPSA) is 65.0 Å². The van der Waals surface area contributed by atoms with Crippen LogP contribution in [0.2, 0.25) is 0 Å². The van der Waals surface area contributed by atoms with Gasteiger partial charge in [0.1, 0.15) is 30.5 Å². The lowest BCUT2D eigenvalue weighted by atomic mass is 9.79. The van der Waals surface area contributed by atoms with E-state index in [-0.39, 0.29) is 12.3 Å². The van der Waals surface area contributed by atoms with E-state index in [0.29, 0.717) is 31.3 Å². The molecule has 1 heterocycles. The van der Waals surface area contributed by atoms with Crippen LogP contribution < -0.4 is 14.2 Å². The number of rotatable bonds is 9. The fourth-order valence-corrected chi connectivity index (χ4v) is 5.49. The molecule has 1 aliphatic carbocycles. The van der Waals surface area contributed by atoms with E-state index in [4.69, 9.17) is 19.3 Å². The van der Waals surface area contributed by atoms with Crippen LogP contribution >= 0.6 is 0 Å². The number of hydrogen-bond acceptors (Lipinski definition) is 4. The van der Waals surface area contributed by atoms with Crippen molar-refractivity contribution in [2.75, 3.05) is 6.61 Å². The third-order valence-corrected chi connectivity index (χ3v) is 7.47. The summed E-state index contributed by atoms with van der Waals surface area (Å²) in [5.41, 5.74) is 9.62. The van der Waals surface area contributed by atoms with Crippen LogP contribution in [0.5, 0.6) is 17.2 Å². The average molecular weight is 507 g/mol. The number of hydrogen-bond donors (Lipinski definition) is 1. The summed E-state index contributed by atoms with van der Waals surface area (Å²) in [4.78, 5) is 11.1. The molecule has 192 valence electrons. The Bertz CT molecular complexity index is 1490. The maximum Gasteiger partial charge on any atom is 0.304 e. The van der Waals surface area contributed by atoms with E-state index >= 15 is 0 Å². The minimum Gasteiger partial charge on any atom is -0.492 e. The number of carbonyl (C=O) groups is 1. The van der Waals surface area contributed by atoms with E-state index in [0.717, 1.165) is 29.7 Å². The number of ether oxygens (including phenoxy) is 3. The second kappa shape index (κ2) is 10.3. The molecule has 2 aliphatic rings. The third kappa shape index (κ3) is 4.84. The zero-order valence-corrected chi connectivity index (χ0v) is 21.4. The van der Waals surface area contributed by atoms with Crippen molar-refractivity contribution in [3.63, 3.8) is 0 Å². The zero-order valence-electron chi connectivity index (χ0n) is 21.4. The smallest absolute Gasteiger partial charge is 0.304 e. The highest BCUT2D eigenvalue weighted by molar-refractivity contribution is 5.76. The van der Waals surface area contributed by atoms with Crippen LogP contribution in [0, 0.1) is 6.92 Å². The standard InChI is InChI=1S/C33H30O5/c1-21-14-30(37-18-22-6-3-2-4-7-22)28-12-13-29(28)33(21)24-9-5-8-23(15-24)19-36-26-10-11-27-25(16-32(34)35)20-38-31(27)17-26/h2-11,14-15,17,25H,12-13,16,18-20H2,1H3,(H,34,35). The first-order valence-corrected chi connectivity index (χ1v) is 13.1. The highest BCUT2D eigenvalue weighted by Gasteiger charge is 2.27. The Hall–Kier alpha value is -4.25. The summed E-state index contributed by atoms with van der Waals surface area (Å²) in [5, 5.41) is 9.12. The summed E-state index contributed by atoms with van der Waals surface area (Å²) in [7, 11) is 0. The quantitative estimate of drug-likeness (QED) is 0.268. The lowest BCUT2D eigenvalue weighted by Crippen LogP contribution is -2.14. The number of aliphatic carboxylic acids is 1. The van der Waals surface area contributed by atoms with Crippen molar-refractivity contribution in [1.82, 2.24) is 0 Å². The molecule has 0 bridgehead atoms. The Morgan fingerprint density at radius 2 is 1.68 bits per heavy atom. The van der Waals surface area contributed by atoms with Gasteiger partial charge in [-0.15, -0.1) is 0 Å². The second-order valence-corrected chi connectivity index (χ2v) is 10.1. The molecular formula is C33H30O5. The van der Waals surface area contributed by atoms with Crippen LogP contribution in [0.1, 0.15) is 45.7 Å². The predicted octanol–water partition coefficient (Wildman–Crippen LogP) is 6.87. The predicted molar refractivity (Wildman–Crippen MR) is 146 cm³/mol. The van der Waals surface area contributed by atoms with Gasteiger partial charge in [-0.2, -0.15) is 0 Å². The molecule has 5 nitrogen and oxygen atoms in total. The Morgan fingerprint density at radius 1 is 0.895 bits per heavy atom. The van der Waals surface area contributed by atoms with Crippen LogP contribution in [-0.2, 0) is 30.8 Å². The summed E-state index contributed by atoms with van der Waals surface area (Å²) in [6.45, 7) is 3.57. The molecule has 1 aliphatic heterocycles. The van der Waals surface area contributed by atoms with Crippen LogP contribution in [0.3, 0.4) is 0 Å². The van der Waals surface area contributed by atoms with E-state index in [1.165, 1.54) is 33.4 Å². The molecule has 0 saturated carbocycles. The Kier molecular flexibility index (Phi) is 6.50. The van der Waals surface area contributed by atoms with Crippen molar-refractivity contribution in [2.24, 2.45) is 0 Å². The number of carboxylic acid groups (broad SMARTS) is 1. The first-order chi connectivity index (χ1) is 18.5. The number of benzene rings is 4. The largest absolute Gasteiger partial charge is 0.492 e. The van der Waals surface area contributed by atoms with E-state index in [2.05, 4.69) is 49.4 Å². The molecule has 1 N–H and O–H groups in total. The minimum absolute atomic E-state index is 0.0727. The molecule has 0 fully saturated rings. The molecule has 0 amide bonds. The maximum atomic E-state index is 11.1. The Balaban J connectivity index is 1.17. The molecule has 1 atom stereocenters. The third-order valence-electron chi connectivity index (χ3n) is 7.47. The molecule has 38 heavy (non-hydrogen) atoms. The molecule has 5 heteroatoms. The Morgan fingerprint density at radius 3 is 2.47 bits per heavy atom. The van der Waals surface area contributed by atoms with Gasteiger partial charge in [0, 0.05) is 17.5 Å². The van der Waals surface area contributed by atoms with Gasteiger partial charge in [-0.05, 0) is 76.9 Å². The summed E-state index contributed by atoms with van der Waals surface area (Å²) in [5.74, 6) is 1.51. The summed E-state index contributed by atoms with van der Waals surface area (Å²) in [6, 6.07) is 26.7. The van der Waals surface area contributed by atoms with Crippen molar-refractivity contribution in [3.05, 3.63) is 112 Å². The molecule has 0 radical (unpaired) electrons. The summed E-state index contributed by atoms with van der Waals surface area (Å²) < 4.78 is 18.1. The van der Waals surface area contributed by atoms with Gasteiger partial charge in [-0.25, -0.2) is 0 Å². The molecule has 0 aromatic heterocycles. The van der Waals surface area contributed by atoms with Crippen molar-refractivity contribution >= 4 is 5.97 Å². The molecular weight excluding hydrogens is 476 g/mol. The Labute approximate surface area is 222 Å². The van der Waals surface area contributed by atoms with E-state index < -0.39 is 5.97 Å². The highest BCUT2D eigenvalue weighted by Crippen LogP contribution is 2.42. The van der Waals surface area contributed by atoms with Crippen molar-refractivity contribution in [3.8, 4) is 28.4 Å². The first-order valence-electron chi connectivity index (χ1n) is 13.1. The van der Waals surface area contributed by atoms with Crippen LogP contribution in [0.15, 0.2) is 78.9 Å². The normalized spacial score (nSPS) is 15.1. The number of aryl methyl sites for hydroxylation is 1. The second-order valence-electron chi connectivity index (χ2n) is 10.1. The van der Waals surface area contributed by atoms with Crippen LogP contribution in [0.4, 0.5) is 0 Å². The van der Waals surface area contributed by atoms with Gasteiger partial charge in [0.15, 0.2) is 0 Å². The van der Waals surface area contributed by atoms with E-state index in [1.807, 2.05) is 36.4 Å². The summed E-state index contributed by atoms with van der Waals surface area (Å²) in [6.07, 6.45) is 2.18. The van der Waals surface area contributed by atoms with Gasteiger partial charge < -0.3 is 19.3 Å². The van der Waals surface area contributed by atoms with E-state index in [9.17, 15) is 4.79 Å². The van der Waals surface area contributed by atoms with E-state index in [1.54, 1.807) is 0 Å². The lowest BCUT2D eigenvalue weighted by molar-refractivity contribution is -0.137. The van der Waals surface area contributed by atoms with Crippen molar-refractivity contribution < 1.29 is 24.1 Å². The van der Waals surface area contributed by atoms with Gasteiger partial charge in [-0.1, -0.05) is 54.6 Å². The highest BCUT2D eigenvalue weighted by atomic mass is 16.5. The number of fused-ring (bicyclic) bond motifs is 2. The van der Waals surface area contributed by atoms with Gasteiger partial charge in [0.25, 0.3) is 0 Å². The van der Waals surface area contributed by atoms with Gasteiger partial charge >= 0.3 is 5.97 Å². The maximum absolute atomic E-state index is 11.1. The van der Waals surface area contributed by atoms with Crippen molar-refractivity contribution in [2.45, 2.75) is 45.3 Å². The van der Waals surface area contributed by atoms with Gasteiger partial charge in [-0.3, -0.25) is 4.79 Å². The molecule has 0 saturated heterocycles. The van der Waals surface area contributed by atoms with Gasteiger partial charge in [0.2, 0.25) is 0 Å². The zero-order chi connectivity index (χ0) is 26.1.